The molecule has 6 nitrogen and oxygen atoms in total. The maximum atomic E-state index is 11.9. The van der Waals surface area contributed by atoms with Crippen LogP contribution in [0.25, 0.3) is 10.4 Å². The Labute approximate surface area is 123 Å². The highest BCUT2D eigenvalue weighted by Crippen LogP contribution is 2.31. The first-order valence-electron chi connectivity index (χ1n) is 5.76. The minimum Gasteiger partial charge on any atom is -0.465 e. The first kappa shape index (κ1) is 16.0. The Hall–Kier alpha value is -1.08. The van der Waals surface area contributed by atoms with Gasteiger partial charge >= 0.3 is 5.97 Å². The van der Waals surface area contributed by atoms with E-state index in [2.05, 4.69) is 31.3 Å². The summed E-state index contributed by atoms with van der Waals surface area (Å²) in [5.41, 5.74) is 8.22. The molecule has 104 valence electrons. The second-order valence-corrected chi connectivity index (χ2v) is 5.79. The van der Waals surface area contributed by atoms with Gasteiger partial charge in [0.15, 0.2) is 0 Å². The third kappa shape index (κ3) is 4.83. The van der Waals surface area contributed by atoms with Crippen molar-refractivity contribution in [3.05, 3.63) is 30.7 Å². The lowest BCUT2D eigenvalue weighted by atomic mass is 10.2. The number of hydrogen-bond acceptors (Lipinski definition) is 5. The Balaban J connectivity index is 2.79. The average Bonchev–Trinajstić information content (AvgIpc) is 2.69. The number of thiophene rings is 1. The van der Waals surface area contributed by atoms with Gasteiger partial charge in [-0.15, -0.1) is 11.3 Å². The third-order valence-electron chi connectivity index (χ3n) is 2.31. The zero-order chi connectivity index (χ0) is 14.3. The van der Waals surface area contributed by atoms with E-state index in [9.17, 15) is 4.79 Å². The van der Waals surface area contributed by atoms with Crippen molar-refractivity contribution in [2.75, 3.05) is 19.7 Å². The smallest absolute Gasteiger partial charge is 0.328 e. The van der Waals surface area contributed by atoms with Crippen LogP contribution in [0.5, 0.6) is 0 Å². The highest BCUT2D eigenvalue weighted by molar-refractivity contribution is 9.10. The largest absolute Gasteiger partial charge is 0.465 e. The van der Waals surface area contributed by atoms with E-state index in [1.165, 1.54) is 11.3 Å². The first-order chi connectivity index (χ1) is 9.10. The van der Waals surface area contributed by atoms with Crippen molar-refractivity contribution in [1.82, 2.24) is 5.32 Å². The predicted molar refractivity (Wildman–Crippen MR) is 78.1 cm³/mol. The van der Waals surface area contributed by atoms with E-state index in [-0.39, 0.29) is 12.5 Å². The number of carbonyl (C=O) groups excluding carboxylic acids is 1. The number of esters is 1. The number of nitrogens with zero attached hydrogens (tertiary/aromatic N) is 3. The summed E-state index contributed by atoms with van der Waals surface area (Å²) in [7, 11) is 0. The molecule has 1 rings (SSSR count). The number of aryl methyl sites for hydroxylation is 1. The van der Waals surface area contributed by atoms with Crippen LogP contribution < -0.4 is 5.32 Å². The number of carbonyl (C=O) groups is 1. The molecule has 1 N–H and O–H groups in total. The quantitative estimate of drug-likeness (QED) is 0.270. The zero-order valence-electron chi connectivity index (χ0n) is 10.7. The van der Waals surface area contributed by atoms with Crippen LogP contribution in [0.2, 0.25) is 0 Å². The molecule has 0 aliphatic carbocycles. The van der Waals surface area contributed by atoms with Gasteiger partial charge in [-0.05, 0) is 41.4 Å². The minimum absolute atomic E-state index is 0.290. The van der Waals surface area contributed by atoms with E-state index < -0.39 is 6.04 Å². The van der Waals surface area contributed by atoms with Gasteiger partial charge < -0.3 is 4.74 Å². The Kier molecular flexibility index (Phi) is 6.86. The van der Waals surface area contributed by atoms with Crippen molar-refractivity contribution in [1.29, 1.82) is 0 Å². The molecule has 1 atom stereocenters. The van der Waals surface area contributed by atoms with Gasteiger partial charge in [-0.25, -0.2) is 4.79 Å². The molecule has 1 heterocycles. The molecule has 0 aliphatic rings. The maximum Gasteiger partial charge on any atom is 0.328 e. The summed E-state index contributed by atoms with van der Waals surface area (Å²) in [6.07, 6.45) is 0. The number of hydrogen-bond donors (Lipinski definition) is 1. The summed E-state index contributed by atoms with van der Waals surface area (Å²) < 4.78 is 6.02. The number of nitrogens with one attached hydrogen (secondary N) is 1. The second kappa shape index (κ2) is 8.16. The number of rotatable bonds is 7. The van der Waals surface area contributed by atoms with Crippen LogP contribution in [0.15, 0.2) is 15.7 Å². The molecule has 0 aliphatic heterocycles. The fourth-order valence-electron chi connectivity index (χ4n) is 1.45. The topological polar surface area (TPSA) is 87.1 Å². The third-order valence-corrected chi connectivity index (χ3v) is 4.51. The lowest BCUT2D eigenvalue weighted by molar-refractivity contribution is -0.145. The molecule has 0 saturated carbocycles. The van der Waals surface area contributed by atoms with E-state index >= 15 is 0 Å². The highest BCUT2D eigenvalue weighted by Gasteiger charge is 2.23. The van der Waals surface area contributed by atoms with Crippen molar-refractivity contribution in [3.63, 3.8) is 0 Å². The van der Waals surface area contributed by atoms with Crippen LogP contribution in [0.4, 0.5) is 0 Å². The van der Waals surface area contributed by atoms with E-state index in [0.29, 0.717) is 13.2 Å². The fraction of sp³-hybridized carbons (Fsp3) is 0.545. The Morgan fingerprint density at radius 2 is 2.47 bits per heavy atom. The average molecular weight is 347 g/mol. The number of ether oxygens (including phenoxy) is 1. The van der Waals surface area contributed by atoms with E-state index in [1.54, 1.807) is 6.92 Å². The molecule has 0 saturated heterocycles. The summed E-state index contributed by atoms with van der Waals surface area (Å²) in [5, 5.41) is 6.47. The van der Waals surface area contributed by atoms with Gasteiger partial charge in [-0.3, -0.25) is 5.32 Å². The molecular formula is C11H15BrN4O2S. The minimum atomic E-state index is -0.524. The predicted octanol–water partition coefficient (Wildman–Crippen LogP) is 3.32. The molecular weight excluding hydrogens is 332 g/mol. The van der Waals surface area contributed by atoms with Gasteiger partial charge in [0, 0.05) is 32.2 Å². The summed E-state index contributed by atoms with van der Waals surface area (Å²) in [6, 6.07) is 1.38. The van der Waals surface area contributed by atoms with E-state index in [4.69, 9.17) is 10.3 Å². The highest BCUT2D eigenvalue weighted by atomic mass is 79.9. The molecule has 19 heavy (non-hydrogen) atoms. The molecule has 1 unspecified atom stereocenters. The van der Waals surface area contributed by atoms with Crippen LogP contribution in [0, 0.1) is 6.92 Å². The molecule has 0 amide bonds. The van der Waals surface area contributed by atoms with Crippen molar-refractivity contribution in [2.45, 2.75) is 19.9 Å². The lowest BCUT2D eigenvalue weighted by Crippen LogP contribution is -2.31. The normalized spacial score (nSPS) is 11.7. The van der Waals surface area contributed by atoms with Gasteiger partial charge in [0.1, 0.15) is 6.04 Å². The molecule has 1 aromatic rings. The zero-order valence-corrected chi connectivity index (χ0v) is 13.1. The molecule has 0 bridgehead atoms. The van der Waals surface area contributed by atoms with Crippen molar-refractivity contribution < 1.29 is 9.53 Å². The summed E-state index contributed by atoms with van der Waals surface area (Å²) in [4.78, 5) is 16.6. The van der Waals surface area contributed by atoms with Crippen LogP contribution in [0.3, 0.4) is 0 Å². The molecule has 0 fully saturated rings. The summed E-state index contributed by atoms with van der Waals surface area (Å²) in [6.45, 7) is 4.78. The van der Waals surface area contributed by atoms with Crippen LogP contribution in [-0.2, 0) is 9.53 Å². The first-order valence-corrected chi connectivity index (χ1v) is 7.37. The number of azide groups is 1. The van der Waals surface area contributed by atoms with Crippen LogP contribution in [0.1, 0.15) is 22.7 Å². The Morgan fingerprint density at radius 3 is 3.00 bits per heavy atom. The van der Waals surface area contributed by atoms with Gasteiger partial charge in [0.25, 0.3) is 0 Å². The monoisotopic (exact) mass is 346 g/mol. The molecule has 0 aromatic carbocycles. The van der Waals surface area contributed by atoms with Crippen molar-refractivity contribution >= 4 is 33.2 Å². The maximum absolute atomic E-state index is 11.9. The summed E-state index contributed by atoms with van der Waals surface area (Å²) >= 11 is 4.96. The van der Waals surface area contributed by atoms with Gasteiger partial charge in [0.05, 0.1) is 6.61 Å². The van der Waals surface area contributed by atoms with Crippen molar-refractivity contribution in [3.8, 4) is 0 Å². The van der Waals surface area contributed by atoms with Crippen molar-refractivity contribution in [2.24, 2.45) is 5.11 Å². The molecule has 0 spiro atoms. The standard InChI is InChI=1S/C11H15BrN4O2S/c1-3-18-11(17)10(14-4-5-15-16-13)9-6-8(12)7(2)19-9/h6,10,14H,3-5H2,1-2H3. The van der Waals surface area contributed by atoms with E-state index in [1.807, 2.05) is 13.0 Å². The molecule has 1 aromatic heterocycles. The summed E-state index contributed by atoms with van der Waals surface area (Å²) in [5.74, 6) is -0.322. The lowest BCUT2D eigenvalue weighted by Gasteiger charge is -2.15. The Bertz CT molecular complexity index is 466. The van der Waals surface area contributed by atoms with Gasteiger partial charge in [0.2, 0.25) is 0 Å². The molecule has 8 heteroatoms. The SMILES string of the molecule is CCOC(=O)C(NCCN=[N+]=[N-])c1cc(Br)c(C)s1. The van der Waals surface area contributed by atoms with Gasteiger partial charge in [-0.1, -0.05) is 5.11 Å². The number of halogens is 1. The van der Waals surface area contributed by atoms with Crippen LogP contribution >= 0.6 is 27.3 Å². The second-order valence-electron chi connectivity index (χ2n) is 3.65. The molecule has 0 radical (unpaired) electrons. The van der Waals surface area contributed by atoms with E-state index in [0.717, 1.165) is 14.2 Å². The Morgan fingerprint density at radius 1 is 1.74 bits per heavy atom. The van der Waals surface area contributed by atoms with Gasteiger partial charge in [-0.2, -0.15) is 0 Å². The van der Waals surface area contributed by atoms with Crippen LogP contribution in [-0.4, -0.2) is 25.7 Å². The fourth-order valence-corrected chi connectivity index (χ4v) is 3.08.